The lowest BCUT2D eigenvalue weighted by Crippen LogP contribution is -2.44. The van der Waals surface area contributed by atoms with Gasteiger partial charge in [-0.2, -0.15) is 0 Å². The first-order chi connectivity index (χ1) is 13.6. The van der Waals surface area contributed by atoms with Gasteiger partial charge in [0, 0.05) is 18.4 Å². The Balaban J connectivity index is 2.01. The lowest BCUT2D eigenvalue weighted by molar-refractivity contribution is -0.135. The Morgan fingerprint density at radius 1 is 1.18 bits per heavy atom. The summed E-state index contributed by atoms with van der Waals surface area (Å²) in [6.45, 7) is 2.82. The summed E-state index contributed by atoms with van der Waals surface area (Å²) >= 11 is 0. The van der Waals surface area contributed by atoms with Gasteiger partial charge in [-0.05, 0) is 38.2 Å². The maximum absolute atomic E-state index is 12.6. The zero-order chi connectivity index (χ0) is 20.2. The number of hydroxylamine groups is 1. The first-order valence-corrected chi connectivity index (χ1v) is 10.1. The van der Waals surface area contributed by atoms with E-state index >= 15 is 0 Å². The molecule has 1 aromatic rings. The molecule has 0 aromatic heterocycles. The lowest BCUT2D eigenvalue weighted by Gasteiger charge is -2.25. The molecule has 2 unspecified atom stereocenters. The zero-order valence-electron chi connectivity index (χ0n) is 16.6. The highest BCUT2D eigenvalue weighted by atomic mass is 16.7. The highest BCUT2D eigenvalue weighted by Gasteiger charge is 2.28. The molecule has 156 valence electrons. The van der Waals surface area contributed by atoms with E-state index in [1.165, 1.54) is 0 Å². The van der Waals surface area contributed by atoms with Crippen LogP contribution in [0.3, 0.4) is 0 Å². The van der Waals surface area contributed by atoms with E-state index in [1.54, 1.807) is 5.48 Å². The van der Waals surface area contributed by atoms with Gasteiger partial charge in [0.25, 0.3) is 0 Å². The lowest BCUT2D eigenvalue weighted by atomic mass is 9.92. The van der Waals surface area contributed by atoms with Crippen molar-refractivity contribution in [2.24, 2.45) is 11.8 Å². The molecule has 28 heavy (non-hydrogen) atoms. The average molecular weight is 392 g/mol. The summed E-state index contributed by atoms with van der Waals surface area (Å²) in [6.07, 6.45) is 4.80. The number of rotatable bonds is 12. The summed E-state index contributed by atoms with van der Waals surface area (Å²) in [5.41, 5.74) is 2.75. The Morgan fingerprint density at radius 3 is 2.54 bits per heavy atom. The molecule has 7 nitrogen and oxygen atoms in total. The van der Waals surface area contributed by atoms with Crippen molar-refractivity contribution in [3.05, 3.63) is 35.9 Å². The summed E-state index contributed by atoms with van der Waals surface area (Å²) in [5, 5.41) is 12.2. The van der Waals surface area contributed by atoms with E-state index < -0.39 is 11.8 Å². The van der Waals surface area contributed by atoms with Crippen LogP contribution in [-0.4, -0.2) is 43.1 Å². The Hall–Kier alpha value is -1.96. The van der Waals surface area contributed by atoms with Crippen molar-refractivity contribution < 1.29 is 24.3 Å². The van der Waals surface area contributed by atoms with Gasteiger partial charge in [-0.1, -0.05) is 43.2 Å². The van der Waals surface area contributed by atoms with E-state index in [-0.39, 0.29) is 31.3 Å². The van der Waals surface area contributed by atoms with Crippen molar-refractivity contribution >= 4 is 11.8 Å². The van der Waals surface area contributed by atoms with Crippen LogP contribution >= 0.6 is 0 Å². The molecule has 3 N–H and O–H groups in total. The molecule has 0 radical (unpaired) electrons. The number of benzene rings is 1. The van der Waals surface area contributed by atoms with Crippen LogP contribution < -0.4 is 10.8 Å². The monoisotopic (exact) mass is 392 g/mol. The van der Waals surface area contributed by atoms with Crippen molar-refractivity contribution in [3.63, 3.8) is 0 Å². The molecule has 1 aromatic carbocycles. The summed E-state index contributed by atoms with van der Waals surface area (Å²) in [4.78, 5) is 24.8. The molecular formula is C21H32N2O5. The topological polar surface area (TPSA) is 96.9 Å². The van der Waals surface area contributed by atoms with Gasteiger partial charge in [0.05, 0.1) is 12.6 Å². The Bertz CT molecular complexity index is 590. The first kappa shape index (κ1) is 22.3. The highest BCUT2D eigenvalue weighted by Crippen LogP contribution is 2.25. The van der Waals surface area contributed by atoms with Crippen LogP contribution in [0.15, 0.2) is 30.3 Å². The predicted octanol–water partition coefficient (Wildman–Crippen LogP) is 2.43. The summed E-state index contributed by atoms with van der Waals surface area (Å²) in [5.74, 6) is -0.898. The van der Waals surface area contributed by atoms with E-state index in [2.05, 4.69) is 5.32 Å². The summed E-state index contributed by atoms with van der Waals surface area (Å²) in [7, 11) is 0. The van der Waals surface area contributed by atoms with Gasteiger partial charge in [-0.3, -0.25) is 14.8 Å². The molecule has 0 spiro atoms. The number of carbonyl (C=O) groups excluding carboxylic acids is 2. The second-order valence-corrected chi connectivity index (χ2v) is 7.27. The van der Waals surface area contributed by atoms with Crippen LogP contribution in [0.2, 0.25) is 0 Å². The molecule has 2 amide bonds. The molecule has 1 aliphatic carbocycles. The maximum Gasteiger partial charge on any atom is 0.246 e. The third-order valence-corrected chi connectivity index (χ3v) is 5.14. The number of ether oxygens (including phenoxy) is 2. The minimum Gasteiger partial charge on any atom is -0.356 e. The second-order valence-electron chi connectivity index (χ2n) is 7.27. The first-order valence-electron chi connectivity index (χ1n) is 10.1. The Morgan fingerprint density at radius 2 is 1.89 bits per heavy atom. The van der Waals surface area contributed by atoms with Gasteiger partial charge >= 0.3 is 0 Å². The van der Waals surface area contributed by atoms with Crippen LogP contribution in [0, 0.1) is 11.8 Å². The smallest absolute Gasteiger partial charge is 0.246 e. The molecule has 1 fully saturated rings. The fraction of sp³-hybridized carbons (Fsp3) is 0.619. The van der Waals surface area contributed by atoms with Gasteiger partial charge in [0.1, 0.15) is 6.79 Å². The van der Waals surface area contributed by atoms with Crippen molar-refractivity contribution in [2.75, 3.05) is 20.0 Å². The summed E-state index contributed by atoms with van der Waals surface area (Å²) in [6, 6.07) is 9.28. The molecule has 0 bridgehead atoms. The number of hydrogen-bond donors (Lipinski definition) is 3. The minimum absolute atomic E-state index is 0.0189. The van der Waals surface area contributed by atoms with E-state index in [0.29, 0.717) is 19.4 Å². The number of hydrogen-bond acceptors (Lipinski definition) is 5. The fourth-order valence-corrected chi connectivity index (χ4v) is 3.62. The van der Waals surface area contributed by atoms with Gasteiger partial charge in [-0.15, -0.1) is 0 Å². The standard InChI is InChI=1S/C21H32N2O5/c1-2-27-15-28-14-19(22-20(24)17-10-6-7-11-17)13-18(21(25)23-26)12-16-8-4-3-5-9-16/h3-5,8-9,17-19,26H,2,6-7,10-15H2,1H3,(H,22,24)(H,23,25). The number of carbonyl (C=O) groups is 2. The van der Waals surface area contributed by atoms with Crippen molar-refractivity contribution in [2.45, 2.75) is 51.5 Å². The molecule has 7 heteroatoms. The number of amides is 2. The molecule has 1 aliphatic rings. The third kappa shape index (κ3) is 7.58. The largest absolute Gasteiger partial charge is 0.356 e. The van der Waals surface area contributed by atoms with Crippen LogP contribution in [0.5, 0.6) is 0 Å². The van der Waals surface area contributed by atoms with Crippen LogP contribution in [0.4, 0.5) is 0 Å². The quantitative estimate of drug-likeness (QED) is 0.220. The molecule has 0 aliphatic heterocycles. The Kier molecular flexibility index (Phi) is 9.96. The van der Waals surface area contributed by atoms with Gasteiger partial charge in [0.2, 0.25) is 11.8 Å². The maximum atomic E-state index is 12.6. The number of nitrogens with one attached hydrogen (secondary N) is 2. The van der Waals surface area contributed by atoms with Gasteiger partial charge in [-0.25, -0.2) is 5.48 Å². The van der Waals surface area contributed by atoms with Crippen LogP contribution in [0.1, 0.15) is 44.6 Å². The third-order valence-electron chi connectivity index (χ3n) is 5.14. The van der Waals surface area contributed by atoms with Crippen molar-refractivity contribution in [1.82, 2.24) is 10.8 Å². The van der Waals surface area contributed by atoms with Gasteiger partial charge in [0.15, 0.2) is 0 Å². The molecule has 2 atom stereocenters. The van der Waals surface area contributed by atoms with Crippen molar-refractivity contribution in [3.8, 4) is 0 Å². The van der Waals surface area contributed by atoms with E-state index in [1.807, 2.05) is 37.3 Å². The molecule has 0 saturated heterocycles. The predicted molar refractivity (Wildman–Crippen MR) is 105 cm³/mol. The van der Waals surface area contributed by atoms with E-state index in [0.717, 1.165) is 31.2 Å². The van der Waals surface area contributed by atoms with Crippen LogP contribution in [-0.2, 0) is 25.5 Å². The molecule has 1 saturated carbocycles. The molecule has 2 rings (SSSR count). The zero-order valence-corrected chi connectivity index (χ0v) is 16.6. The van der Waals surface area contributed by atoms with E-state index in [4.69, 9.17) is 14.7 Å². The second kappa shape index (κ2) is 12.5. The summed E-state index contributed by atoms with van der Waals surface area (Å²) < 4.78 is 10.7. The molecule has 0 heterocycles. The van der Waals surface area contributed by atoms with Crippen LogP contribution in [0.25, 0.3) is 0 Å². The highest BCUT2D eigenvalue weighted by molar-refractivity contribution is 5.80. The van der Waals surface area contributed by atoms with Crippen molar-refractivity contribution in [1.29, 1.82) is 0 Å². The molecular weight excluding hydrogens is 360 g/mol. The fourth-order valence-electron chi connectivity index (χ4n) is 3.62. The average Bonchev–Trinajstić information content (AvgIpc) is 3.25. The van der Waals surface area contributed by atoms with E-state index in [9.17, 15) is 9.59 Å². The minimum atomic E-state index is -0.489. The SMILES string of the molecule is CCOCOCC(CC(Cc1ccccc1)C(=O)NO)NC(=O)C1CCCC1. The van der Waals surface area contributed by atoms with Gasteiger partial charge < -0.3 is 14.8 Å². The Labute approximate surface area is 166 Å². The normalized spacial score (nSPS) is 16.5.